The lowest BCUT2D eigenvalue weighted by Gasteiger charge is -2.35. The van der Waals surface area contributed by atoms with Crippen molar-refractivity contribution < 1.29 is 0 Å². The van der Waals surface area contributed by atoms with Crippen molar-refractivity contribution in [1.82, 2.24) is 4.98 Å². The molecule has 6 aromatic rings. The van der Waals surface area contributed by atoms with Gasteiger partial charge >= 0.3 is 0 Å². The van der Waals surface area contributed by atoms with E-state index in [9.17, 15) is 0 Å². The van der Waals surface area contributed by atoms with Gasteiger partial charge in [0, 0.05) is 17.7 Å². The number of aliphatic imine (C=N–C) groups is 1. The molecule has 3 nitrogen and oxygen atoms in total. The molecule has 45 heavy (non-hydrogen) atoms. The standard InChI is InChI=1S/C42H35N3/c1-4-13-30(14-5-2)39-25-33(26-40(44-39)31-16-7-6-8-17-31)32-22-24-36-35-23-21-29-15-9-10-18-34(29)37(35)28-45(42(36)27-32)41-20-12-11-19-38(41)43-3/h4,6-27H,3,5,28H2,1-2H3/b13-4-,30-14+. The van der Waals surface area contributed by atoms with Gasteiger partial charge in [-0.05, 0) is 89.0 Å². The molecule has 0 N–H and O–H groups in total. The highest BCUT2D eigenvalue weighted by atomic mass is 15.2. The van der Waals surface area contributed by atoms with Crippen molar-refractivity contribution in [1.29, 1.82) is 0 Å². The highest BCUT2D eigenvalue weighted by Crippen LogP contribution is 2.48. The Labute approximate surface area is 265 Å². The van der Waals surface area contributed by atoms with Crippen molar-refractivity contribution in [3.63, 3.8) is 0 Å². The van der Waals surface area contributed by atoms with Crippen LogP contribution in [0.3, 0.4) is 0 Å². The van der Waals surface area contributed by atoms with Gasteiger partial charge in [-0.25, -0.2) is 4.98 Å². The fourth-order valence-corrected chi connectivity index (χ4v) is 6.46. The summed E-state index contributed by atoms with van der Waals surface area (Å²) in [6, 6.07) is 43.2. The summed E-state index contributed by atoms with van der Waals surface area (Å²) in [5, 5.41) is 2.53. The smallest absolute Gasteiger partial charge is 0.0859 e. The molecule has 0 aliphatic carbocycles. The molecule has 0 radical (unpaired) electrons. The fraction of sp³-hybridized carbons (Fsp3) is 0.0952. The second-order valence-electron chi connectivity index (χ2n) is 11.3. The van der Waals surface area contributed by atoms with E-state index in [-0.39, 0.29) is 0 Å². The van der Waals surface area contributed by atoms with E-state index < -0.39 is 0 Å². The predicted octanol–water partition coefficient (Wildman–Crippen LogP) is 11.6. The van der Waals surface area contributed by atoms with Gasteiger partial charge in [0.1, 0.15) is 0 Å². The van der Waals surface area contributed by atoms with Crippen molar-refractivity contribution in [2.75, 3.05) is 4.90 Å². The Kier molecular flexibility index (Phi) is 7.67. The second-order valence-corrected chi connectivity index (χ2v) is 11.3. The number of aromatic nitrogens is 1. The van der Waals surface area contributed by atoms with Crippen molar-refractivity contribution in [3.8, 4) is 33.5 Å². The van der Waals surface area contributed by atoms with E-state index in [1.54, 1.807) is 0 Å². The van der Waals surface area contributed by atoms with Crippen molar-refractivity contribution in [2.45, 2.75) is 26.8 Å². The maximum Gasteiger partial charge on any atom is 0.0859 e. The Hall–Kier alpha value is -5.54. The first-order valence-corrected chi connectivity index (χ1v) is 15.6. The zero-order valence-corrected chi connectivity index (χ0v) is 25.7. The maximum atomic E-state index is 5.15. The molecular weight excluding hydrogens is 546 g/mol. The van der Waals surface area contributed by atoms with E-state index in [1.165, 1.54) is 27.5 Å². The molecule has 218 valence electrons. The van der Waals surface area contributed by atoms with Crippen LogP contribution in [-0.2, 0) is 6.54 Å². The molecule has 0 bridgehead atoms. The van der Waals surface area contributed by atoms with Crippen LogP contribution < -0.4 is 4.90 Å². The van der Waals surface area contributed by atoms with E-state index in [0.717, 1.165) is 63.7 Å². The number of benzene rings is 5. The summed E-state index contributed by atoms with van der Waals surface area (Å²) in [5.41, 5.74) is 13.3. The van der Waals surface area contributed by atoms with E-state index in [1.807, 2.05) is 18.2 Å². The van der Waals surface area contributed by atoms with Crippen LogP contribution in [0.25, 0.3) is 49.9 Å². The molecule has 0 saturated carbocycles. The number of nitrogens with zero attached hydrogens (tertiary/aromatic N) is 3. The lowest BCUT2D eigenvalue weighted by Crippen LogP contribution is -2.22. The third kappa shape index (κ3) is 5.27. The number of hydrogen-bond acceptors (Lipinski definition) is 3. The molecule has 1 aromatic heterocycles. The molecular formula is C42H35N3. The Morgan fingerprint density at radius 2 is 1.56 bits per heavy atom. The topological polar surface area (TPSA) is 28.5 Å². The summed E-state index contributed by atoms with van der Waals surface area (Å²) in [6.07, 6.45) is 7.42. The average Bonchev–Trinajstić information content (AvgIpc) is 3.11. The number of rotatable bonds is 7. The minimum Gasteiger partial charge on any atom is -0.335 e. The Bertz CT molecular complexity index is 2100. The first-order chi connectivity index (χ1) is 22.2. The minimum absolute atomic E-state index is 0.737. The molecule has 0 spiro atoms. The molecule has 0 atom stereocenters. The van der Waals surface area contributed by atoms with Crippen LogP contribution in [0.2, 0.25) is 0 Å². The molecule has 7 rings (SSSR count). The van der Waals surface area contributed by atoms with Gasteiger partial charge in [-0.2, -0.15) is 0 Å². The monoisotopic (exact) mass is 581 g/mol. The van der Waals surface area contributed by atoms with Gasteiger partial charge in [-0.3, -0.25) is 4.99 Å². The predicted molar refractivity (Wildman–Crippen MR) is 193 cm³/mol. The first kappa shape index (κ1) is 28.2. The van der Waals surface area contributed by atoms with E-state index in [0.29, 0.717) is 0 Å². The maximum absolute atomic E-state index is 5.15. The quantitative estimate of drug-likeness (QED) is 0.139. The van der Waals surface area contributed by atoms with E-state index in [4.69, 9.17) is 4.98 Å². The Balaban J connectivity index is 1.46. The highest BCUT2D eigenvalue weighted by Gasteiger charge is 2.26. The molecule has 1 aliphatic heterocycles. The van der Waals surface area contributed by atoms with E-state index >= 15 is 0 Å². The number of pyridine rings is 1. The lowest BCUT2D eigenvalue weighted by molar-refractivity contribution is 0.970. The van der Waals surface area contributed by atoms with Gasteiger partial charge in [0.2, 0.25) is 0 Å². The molecule has 0 amide bonds. The molecule has 5 aromatic carbocycles. The molecule has 0 saturated heterocycles. The van der Waals surface area contributed by atoms with Crippen molar-refractivity contribution in [3.05, 3.63) is 151 Å². The van der Waals surface area contributed by atoms with Gasteiger partial charge in [0.05, 0.1) is 28.5 Å². The summed E-state index contributed by atoms with van der Waals surface area (Å²) >= 11 is 0. The summed E-state index contributed by atoms with van der Waals surface area (Å²) in [5.74, 6) is 0. The SMILES string of the molecule is C=Nc1ccccc1N1Cc2c(ccc3ccccc23)-c2ccc(-c3cc(C(/C=C\C)=C/CC)nc(-c4ccccc4)c3)cc21. The van der Waals surface area contributed by atoms with Crippen LogP contribution in [0.5, 0.6) is 0 Å². The molecule has 0 fully saturated rings. The highest BCUT2D eigenvalue weighted by molar-refractivity contribution is 5.99. The summed E-state index contributed by atoms with van der Waals surface area (Å²) in [7, 11) is 0. The zero-order valence-electron chi connectivity index (χ0n) is 25.7. The van der Waals surface area contributed by atoms with Gasteiger partial charge in [-0.1, -0.05) is 116 Å². The van der Waals surface area contributed by atoms with Crippen LogP contribution in [0, 0.1) is 0 Å². The van der Waals surface area contributed by atoms with Gasteiger partial charge in [-0.15, -0.1) is 0 Å². The summed E-state index contributed by atoms with van der Waals surface area (Å²) in [4.78, 5) is 12.0. The number of allylic oxidation sites excluding steroid dienone is 4. The third-order valence-corrected chi connectivity index (χ3v) is 8.57. The van der Waals surface area contributed by atoms with Crippen LogP contribution in [0.4, 0.5) is 17.1 Å². The van der Waals surface area contributed by atoms with Crippen molar-refractivity contribution in [2.24, 2.45) is 4.99 Å². The zero-order chi connectivity index (χ0) is 30.8. The lowest BCUT2D eigenvalue weighted by atomic mass is 9.87. The normalized spacial score (nSPS) is 12.8. The molecule has 0 unspecified atom stereocenters. The van der Waals surface area contributed by atoms with Gasteiger partial charge in [0.25, 0.3) is 0 Å². The molecule has 3 heteroatoms. The Morgan fingerprint density at radius 1 is 0.778 bits per heavy atom. The van der Waals surface area contributed by atoms with Crippen LogP contribution in [0.1, 0.15) is 31.5 Å². The van der Waals surface area contributed by atoms with Gasteiger partial charge in [0.15, 0.2) is 0 Å². The third-order valence-electron chi connectivity index (χ3n) is 8.57. The average molecular weight is 582 g/mol. The van der Waals surface area contributed by atoms with Gasteiger partial charge < -0.3 is 4.90 Å². The summed E-state index contributed by atoms with van der Waals surface area (Å²) < 4.78 is 0. The molecule has 1 aliphatic rings. The minimum atomic E-state index is 0.737. The van der Waals surface area contributed by atoms with E-state index in [2.05, 4.69) is 152 Å². The summed E-state index contributed by atoms with van der Waals surface area (Å²) in [6.45, 7) is 8.86. The number of fused-ring (bicyclic) bond motifs is 5. The number of para-hydroxylation sites is 2. The molecule has 2 heterocycles. The number of hydrogen-bond donors (Lipinski definition) is 0. The van der Waals surface area contributed by atoms with Crippen LogP contribution >= 0.6 is 0 Å². The first-order valence-electron chi connectivity index (χ1n) is 15.6. The van der Waals surface area contributed by atoms with Crippen LogP contribution in [0.15, 0.2) is 145 Å². The van der Waals surface area contributed by atoms with Crippen molar-refractivity contribution >= 4 is 40.1 Å². The fourth-order valence-electron chi connectivity index (χ4n) is 6.46. The van der Waals surface area contributed by atoms with Crippen LogP contribution in [-0.4, -0.2) is 11.7 Å². The second kappa shape index (κ2) is 12.2. The largest absolute Gasteiger partial charge is 0.335 e. The number of anilines is 2. The Morgan fingerprint density at radius 3 is 2.38 bits per heavy atom.